The van der Waals surface area contributed by atoms with Gasteiger partial charge < -0.3 is 29.6 Å². The van der Waals surface area contributed by atoms with Crippen molar-refractivity contribution in [1.82, 2.24) is 0 Å². The maximum Gasteiger partial charge on any atom is 0.338 e. The van der Waals surface area contributed by atoms with Crippen LogP contribution >= 0.6 is 12.2 Å². The highest BCUT2D eigenvalue weighted by atomic mass is 32.1. The van der Waals surface area contributed by atoms with Crippen molar-refractivity contribution in [2.24, 2.45) is 0 Å². The smallest absolute Gasteiger partial charge is 0.338 e. The Kier molecular flexibility index (Phi) is 7.25. The number of anilines is 2. The van der Waals surface area contributed by atoms with E-state index in [1.807, 2.05) is 0 Å². The molecule has 8 heteroatoms. The minimum Gasteiger partial charge on any atom is -0.493 e. The number of methoxy groups -OCH3 is 3. The van der Waals surface area contributed by atoms with E-state index in [1.165, 1.54) is 0 Å². The molecule has 0 saturated heterocycles. The maximum atomic E-state index is 11.7. The summed E-state index contributed by atoms with van der Waals surface area (Å²) >= 11 is 5.34. The van der Waals surface area contributed by atoms with Crippen LogP contribution in [0.2, 0.25) is 0 Å². The molecule has 0 heterocycles. The Morgan fingerprint density at radius 1 is 0.926 bits per heavy atom. The number of thiocarbonyl (C=S) groups is 1. The Morgan fingerprint density at radius 2 is 1.48 bits per heavy atom. The normalized spacial score (nSPS) is 9.93. The summed E-state index contributed by atoms with van der Waals surface area (Å²) in [5.74, 6) is 1.17. The molecule has 2 aromatic carbocycles. The SMILES string of the molecule is CCOC(=O)c1ccc(NC(=S)Nc2cc(OC)c(OC)c(OC)c2)cc1. The van der Waals surface area contributed by atoms with Gasteiger partial charge in [-0.25, -0.2) is 4.79 Å². The molecule has 2 aromatic rings. The van der Waals surface area contributed by atoms with E-state index >= 15 is 0 Å². The Morgan fingerprint density at radius 3 is 1.96 bits per heavy atom. The zero-order valence-corrected chi connectivity index (χ0v) is 16.4. The lowest BCUT2D eigenvalue weighted by Crippen LogP contribution is -2.19. The number of hydrogen-bond donors (Lipinski definition) is 2. The Hall–Kier alpha value is -3.00. The molecule has 0 aromatic heterocycles. The number of carbonyl (C=O) groups excluding carboxylic acids is 1. The number of benzene rings is 2. The number of hydrogen-bond acceptors (Lipinski definition) is 6. The number of carbonyl (C=O) groups is 1. The average molecular weight is 390 g/mol. The van der Waals surface area contributed by atoms with Crippen molar-refractivity contribution in [2.75, 3.05) is 38.6 Å². The van der Waals surface area contributed by atoms with Crippen molar-refractivity contribution in [2.45, 2.75) is 6.92 Å². The lowest BCUT2D eigenvalue weighted by atomic mass is 10.2. The van der Waals surface area contributed by atoms with Crippen LogP contribution in [0.4, 0.5) is 11.4 Å². The fourth-order valence-electron chi connectivity index (χ4n) is 2.35. The summed E-state index contributed by atoms with van der Waals surface area (Å²) in [6, 6.07) is 10.3. The molecule has 7 nitrogen and oxygen atoms in total. The van der Waals surface area contributed by atoms with Gasteiger partial charge >= 0.3 is 5.97 Å². The van der Waals surface area contributed by atoms with Crippen molar-refractivity contribution in [1.29, 1.82) is 0 Å². The molecule has 0 radical (unpaired) electrons. The highest BCUT2D eigenvalue weighted by Gasteiger charge is 2.14. The van der Waals surface area contributed by atoms with Crippen LogP contribution in [0.3, 0.4) is 0 Å². The van der Waals surface area contributed by atoms with Crippen LogP contribution in [0.15, 0.2) is 36.4 Å². The number of ether oxygens (including phenoxy) is 4. The highest BCUT2D eigenvalue weighted by Crippen LogP contribution is 2.39. The maximum absolute atomic E-state index is 11.7. The van der Waals surface area contributed by atoms with Gasteiger partial charge in [0.25, 0.3) is 0 Å². The van der Waals surface area contributed by atoms with Crippen LogP contribution in [-0.2, 0) is 4.74 Å². The molecule has 144 valence electrons. The second kappa shape index (κ2) is 9.63. The third-order valence-electron chi connectivity index (χ3n) is 3.58. The van der Waals surface area contributed by atoms with E-state index < -0.39 is 0 Å². The largest absolute Gasteiger partial charge is 0.493 e. The molecule has 0 bridgehead atoms. The van der Waals surface area contributed by atoms with Crippen molar-refractivity contribution in [3.05, 3.63) is 42.0 Å². The average Bonchev–Trinajstić information content (AvgIpc) is 2.67. The van der Waals surface area contributed by atoms with Crippen LogP contribution < -0.4 is 24.8 Å². The van der Waals surface area contributed by atoms with Gasteiger partial charge in [0.2, 0.25) is 5.75 Å². The van der Waals surface area contributed by atoms with Crippen LogP contribution in [0.1, 0.15) is 17.3 Å². The van der Waals surface area contributed by atoms with Gasteiger partial charge in [-0.1, -0.05) is 0 Å². The van der Waals surface area contributed by atoms with Crippen molar-refractivity contribution < 1.29 is 23.7 Å². The first kappa shape index (κ1) is 20.3. The second-order valence-electron chi connectivity index (χ2n) is 5.29. The summed E-state index contributed by atoms with van der Waals surface area (Å²) in [5.41, 5.74) is 1.88. The number of rotatable bonds is 7. The summed E-state index contributed by atoms with van der Waals surface area (Å²) in [5, 5.41) is 6.48. The van der Waals surface area contributed by atoms with E-state index in [1.54, 1.807) is 64.7 Å². The van der Waals surface area contributed by atoms with E-state index in [9.17, 15) is 4.79 Å². The summed E-state index contributed by atoms with van der Waals surface area (Å²) < 4.78 is 20.9. The molecule has 0 saturated carbocycles. The fraction of sp³-hybridized carbons (Fsp3) is 0.263. The zero-order valence-electron chi connectivity index (χ0n) is 15.6. The van der Waals surface area contributed by atoms with Crippen LogP contribution in [0.5, 0.6) is 17.2 Å². The molecular formula is C19H22N2O5S. The molecule has 0 spiro atoms. The third-order valence-corrected chi connectivity index (χ3v) is 3.78. The van der Waals surface area contributed by atoms with Gasteiger partial charge in [-0.2, -0.15) is 0 Å². The quantitative estimate of drug-likeness (QED) is 0.547. The molecule has 2 rings (SSSR count). The highest BCUT2D eigenvalue weighted by molar-refractivity contribution is 7.80. The second-order valence-corrected chi connectivity index (χ2v) is 5.70. The summed E-state index contributed by atoms with van der Waals surface area (Å²) in [7, 11) is 4.63. The molecule has 2 N–H and O–H groups in total. The monoisotopic (exact) mass is 390 g/mol. The molecule has 0 aliphatic rings. The van der Waals surface area contributed by atoms with E-state index in [2.05, 4.69) is 10.6 Å². The van der Waals surface area contributed by atoms with E-state index in [-0.39, 0.29) is 5.97 Å². The minimum absolute atomic E-state index is 0.335. The van der Waals surface area contributed by atoms with Gasteiger partial charge in [0, 0.05) is 23.5 Å². The number of nitrogens with one attached hydrogen (secondary N) is 2. The first-order valence-electron chi connectivity index (χ1n) is 8.17. The molecule has 27 heavy (non-hydrogen) atoms. The molecule has 0 aliphatic carbocycles. The minimum atomic E-state index is -0.359. The van der Waals surface area contributed by atoms with Gasteiger partial charge in [0.1, 0.15) is 0 Å². The van der Waals surface area contributed by atoms with Gasteiger partial charge in [0.05, 0.1) is 33.5 Å². The third kappa shape index (κ3) is 5.24. The zero-order chi connectivity index (χ0) is 19.8. The molecule has 0 atom stereocenters. The van der Waals surface area contributed by atoms with Gasteiger partial charge in [-0.15, -0.1) is 0 Å². The van der Waals surface area contributed by atoms with E-state index in [0.717, 1.165) is 5.69 Å². The topological polar surface area (TPSA) is 78.1 Å². The fourth-order valence-corrected chi connectivity index (χ4v) is 2.59. The van der Waals surface area contributed by atoms with Crippen LogP contribution in [0, 0.1) is 0 Å². The molecule has 0 aliphatic heterocycles. The summed E-state index contributed by atoms with van der Waals surface area (Å²) in [4.78, 5) is 11.7. The van der Waals surface area contributed by atoms with Crippen LogP contribution in [0.25, 0.3) is 0 Å². The standard InChI is InChI=1S/C19H22N2O5S/c1-5-26-18(22)12-6-8-13(9-7-12)20-19(27)21-14-10-15(23-2)17(25-4)16(11-14)24-3/h6-11H,5H2,1-4H3,(H2,20,21,27). The summed E-state index contributed by atoms with van der Waals surface area (Å²) in [6.07, 6.45) is 0. The van der Waals surface area contributed by atoms with Crippen LogP contribution in [-0.4, -0.2) is 39.0 Å². The van der Waals surface area contributed by atoms with E-state index in [0.29, 0.717) is 40.2 Å². The van der Waals surface area contributed by atoms with Crippen molar-refractivity contribution >= 4 is 34.7 Å². The van der Waals surface area contributed by atoms with Crippen molar-refractivity contribution in [3.63, 3.8) is 0 Å². The number of esters is 1. The molecule has 0 fully saturated rings. The molecule has 0 unspecified atom stereocenters. The Labute approximate surface area is 163 Å². The predicted octanol–water partition coefficient (Wildman–Crippen LogP) is 3.70. The Balaban J connectivity index is 2.08. The first-order chi connectivity index (χ1) is 13.0. The van der Waals surface area contributed by atoms with Gasteiger partial charge in [-0.05, 0) is 43.4 Å². The first-order valence-corrected chi connectivity index (χ1v) is 8.58. The lowest BCUT2D eigenvalue weighted by Gasteiger charge is -2.16. The Bertz CT molecular complexity index is 783. The van der Waals surface area contributed by atoms with Gasteiger partial charge in [0.15, 0.2) is 16.6 Å². The molecule has 0 amide bonds. The van der Waals surface area contributed by atoms with E-state index in [4.69, 9.17) is 31.2 Å². The lowest BCUT2D eigenvalue weighted by molar-refractivity contribution is 0.0526. The van der Waals surface area contributed by atoms with Crippen molar-refractivity contribution in [3.8, 4) is 17.2 Å². The summed E-state index contributed by atoms with van der Waals surface area (Å²) in [6.45, 7) is 2.10. The predicted molar refractivity (Wildman–Crippen MR) is 108 cm³/mol. The van der Waals surface area contributed by atoms with Gasteiger partial charge in [-0.3, -0.25) is 0 Å². The molecular weight excluding hydrogens is 368 g/mol.